The van der Waals surface area contributed by atoms with Crippen molar-refractivity contribution in [1.82, 2.24) is 0 Å². The third-order valence-electron chi connectivity index (χ3n) is 4.00. The van der Waals surface area contributed by atoms with Crippen LogP contribution < -0.4 is 10.1 Å². The number of anilines is 1. The highest BCUT2D eigenvalue weighted by molar-refractivity contribution is 7.91. The van der Waals surface area contributed by atoms with Gasteiger partial charge in [-0.05, 0) is 48.7 Å². The van der Waals surface area contributed by atoms with Gasteiger partial charge in [0.15, 0.2) is 9.84 Å². The topological polar surface area (TPSA) is 72.5 Å². The van der Waals surface area contributed by atoms with Crippen LogP contribution in [0.5, 0.6) is 11.5 Å². The van der Waals surface area contributed by atoms with Gasteiger partial charge in [-0.3, -0.25) is 4.79 Å². The van der Waals surface area contributed by atoms with E-state index in [1.807, 2.05) is 12.1 Å². The number of ether oxygens (including phenoxy) is 1. The van der Waals surface area contributed by atoms with Gasteiger partial charge in [0.25, 0.3) is 0 Å². The zero-order valence-corrected chi connectivity index (χ0v) is 15.0. The predicted octanol–water partition coefficient (Wildman–Crippen LogP) is 3.90. The molecule has 0 saturated carbocycles. The lowest BCUT2D eigenvalue weighted by molar-refractivity contribution is -0.116. The molecule has 2 aromatic rings. The van der Waals surface area contributed by atoms with Crippen molar-refractivity contribution in [3.8, 4) is 11.5 Å². The lowest BCUT2D eigenvalue weighted by atomic mass is 10.1. The zero-order valence-electron chi connectivity index (χ0n) is 13.4. The van der Waals surface area contributed by atoms with E-state index in [-0.39, 0.29) is 29.8 Å². The smallest absolute Gasteiger partial charge is 0.224 e. The normalized spacial score (nSPS) is 18.7. The zero-order chi connectivity index (χ0) is 17.9. The maximum absolute atomic E-state index is 12.0. The Labute approximate surface area is 151 Å². The summed E-state index contributed by atoms with van der Waals surface area (Å²) in [7, 11) is -2.96. The molecule has 0 radical (unpaired) electrons. The van der Waals surface area contributed by atoms with E-state index < -0.39 is 9.84 Å². The molecule has 1 saturated heterocycles. The van der Waals surface area contributed by atoms with Gasteiger partial charge < -0.3 is 10.1 Å². The third kappa shape index (κ3) is 4.96. The summed E-state index contributed by atoms with van der Waals surface area (Å²) in [6, 6.07) is 14.1. The Kier molecular flexibility index (Phi) is 5.30. The quantitative estimate of drug-likeness (QED) is 0.855. The van der Waals surface area contributed by atoms with E-state index in [4.69, 9.17) is 16.3 Å². The van der Waals surface area contributed by atoms with E-state index >= 15 is 0 Å². The Morgan fingerprint density at radius 3 is 2.52 bits per heavy atom. The van der Waals surface area contributed by atoms with E-state index in [0.717, 1.165) is 0 Å². The molecule has 1 amide bonds. The number of hydrogen-bond acceptors (Lipinski definition) is 4. The van der Waals surface area contributed by atoms with Gasteiger partial charge in [-0.15, -0.1) is 0 Å². The van der Waals surface area contributed by atoms with E-state index in [0.29, 0.717) is 28.6 Å². The fourth-order valence-corrected chi connectivity index (χ4v) is 4.80. The number of carbonyl (C=O) groups excluding carboxylic acids is 1. The monoisotopic (exact) mass is 379 g/mol. The summed E-state index contributed by atoms with van der Waals surface area (Å²) < 4.78 is 28.6. The molecule has 1 N–H and O–H groups in total. The summed E-state index contributed by atoms with van der Waals surface area (Å²) in [5.74, 6) is 1.18. The van der Waals surface area contributed by atoms with Gasteiger partial charge in [-0.2, -0.15) is 0 Å². The van der Waals surface area contributed by atoms with Gasteiger partial charge >= 0.3 is 0 Å². The van der Waals surface area contributed by atoms with Crippen LogP contribution in [0.2, 0.25) is 5.02 Å². The Balaban J connectivity index is 1.55. The number of para-hydroxylation sites is 1. The van der Waals surface area contributed by atoms with Gasteiger partial charge in [0.1, 0.15) is 11.5 Å². The molecule has 2 aromatic carbocycles. The highest BCUT2D eigenvalue weighted by atomic mass is 35.5. The number of rotatable bonds is 5. The van der Waals surface area contributed by atoms with Crippen molar-refractivity contribution < 1.29 is 17.9 Å². The molecule has 3 rings (SSSR count). The Morgan fingerprint density at radius 2 is 1.88 bits per heavy atom. The van der Waals surface area contributed by atoms with E-state index in [1.165, 1.54) is 0 Å². The van der Waals surface area contributed by atoms with Gasteiger partial charge in [-0.1, -0.05) is 23.7 Å². The Hall–Kier alpha value is -2.05. The molecule has 1 aliphatic rings. The highest BCUT2D eigenvalue weighted by Gasteiger charge is 2.29. The van der Waals surface area contributed by atoms with Crippen LogP contribution in [0.1, 0.15) is 12.8 Å². The minimum atomic E-state index is -2.96. The summed E-state index contributed by atoms with van der Waals surface area (Å²) in [6.07, 6.45) is 0.775. The summed E-state index contributed by atoms with van der Waals surface area (Å²) in [6.45, 7) is 0. The second-order valence-corrected chi connectivity index (χ2v) is 8.71. The van der Waals surface area contributed by atoms with Gasteiger partial charge in [0.2, 0.25) is 5.91 Å². The van der Waals surface area contributed by atoms with Crippen LogP contribution in [0.15, 0.2) is 48.5 Å². The number of hydrogen-bond donors (Lipinski definition) is 1. The third-order valence-corrected chi connectivity index (χ3v) is 6.15. The molecular weight excluding hydrogens is 362 g/mol. The predicted molar refractivity (Wildman–Crippen MR) is 98.0 cm³/mol. The van der Waals surface area contributed by atoms with Crippen LogP contribution in [0.4, 0.5) is 5.69 Å². The minimum absolute atomic E-state index is 0.0900. The standard InChI is InChI=1S/C18H18ClNO4S/c19-16-3-1-2-4-17(16)24-15-7-5-14(6-8-15)20-18(21)11-13-9-10-25(22,23)12-13/h1-8,13H,9-12H2,(H,20,21). The molecule has 0 aliphatic carbocycles. The second kappa shape index (κ2) is 7.45. The summed E-state index contributed by atoms with van der Waals surface area (Å²) in [5.41, 5.74) is 0.636. The van der Waals surface area contributed by atoms with Crippen molar-refractivity contribution in [2.45, 2.75) is 12.8 Å². The molecule has 7 heteroatoms. The number of nitrogens with one attached hydrogen (secondary N) is 1. The van der Waals surface area contributed by atoms with E-state index in [9.17, 15) is 13.2 Å². The number of benzene rings is 2. The molecule has 0 aromatic heterocycles. The number of sulfone groups is 1. The van der Waals surface area contributed by atoms with Gasteiger partial charge in [0, 0.05) is 12.1 Å². The molecule has 0 spiro atoms. The van der Waals surface area contributed by atoms with Gasteiger partial charge in [0.05, 0.1) is 16.5 Å². The van der Waals surface area contributed by atoms with Crippen molar-refractivity contribution in [3.05, 3.63) is 53.6 Å². The summed E-state index contributed by atoms with van der Waals surface area (Å²) in [4.78, 5) is 12.0. The molecule has 1 atom stereocenters. The van der Waals surface area contributed by atoms with Gasteiger partial charge in [-0.25, -0.2) is 8.42 Å². The highest BCUT2D eigenvalue weighted by Crippen LogP contribution is 2.29. The molecule has 132 valence electrons. The molecule has 1 fully saturated rings. The maximum Gasteiger partial charge on any atom is 0.224 e. The summed E-state index contributed by atoms with van der Waals surface area (Å²) >= 11 is 6.05. The lowest BCUT2D eigenvalue weighted by Gasteiger charge is -2.10. The average Bonchev–Trinajstić information content (AvgIpc) is 2.90. The first-order chi connectivity index (χ1) is 11.9. The molecule has 0 bridgehead atoms. The average molecular weight is 380 g/mol. The van der Waals surface area contributed by atoms with Crippen LogP contribution >= 0.6 is 11.6 Å². The first-order valence-corrected chi connectivity index (χ1v) is 10.1. The number of amides is 1. The lowest BCUT2D eigenvalue weighted by Crippen LogP contribution is -2.17. The van der Waals surface area contributed by atoms with Crippen molar-refractivity contribution >= 4 is 33.0 Å². The van der Waals surface area contributed by atoms with Crippen molar-refractivity contribution in [2.24, 2.45) is 5.92 Å². The minimum Gasteiger partial charge on any atom is -0.456 e. The Morgan fingerprint density at radius 1 is 1.16 bits per heavy atom. The number of halogens is 1. The molecule has 25 heavy (non-hydrogen) atoms. The van der Waals surface area contributed by atoms with Crippen LogP contribution in [-0.4, -0.2) is 25.8 Å². The van der Waals surface area contributed by atoms with Crippen LogP contribution in [-0.2, 0) is 14.6 Å². The van der Waals surface area contributed by atoms with Crippen molar-refractivity contribution in [2.75, 3.05) is 16.8 Å². The van der Waals surface area contributed by atoms with Crippen LogP contribution in [0.3, 0.4) is 0 Å². The summed E-state index contributed by atoms with van der Waals surface area (Å²) in [5, 5.41) is 3.30. The fraction of sp³-hybridized carbons (Fsp3) is 0.278. The van der Waals surface area contributed by atoms with E-state index in [2.05, 4.69) is 5.32 Å². The number of carbonyl (C=O) groups is 1. The SMILES string of the molecule is O=C(CC1CCS(=O)(=O)C1)Nc1ccc(Oc2ccccc2Cl)cc1. The maximum atomic E-state index is 12.0. The molecule has 1 unspecified atom stereocenters. The van der Waals surface area contributed by atoms with Crippen molar-refractivity contribution in [1.29, 1.82) is 0 Å². The van der Waals surface area contributed by atoms with Crippen LogP contribution in [0, 0.1) is 5.92 Å². The first kappa shape index (κ1) is 17.8. The molecule has 5 nitrogen and oxygen atoms in total. The molecule has 1 heterocycles. The second-order valence-electron chi connectivity index (χ2n) is 6.08. The largest absolute Gasteiger partial charge is 0.456 e. The van der Waals surface area contributed by atoms with Crippen LogP contribution in [0.25, 0.3) is 0 Å². The first-order valence-electron chi connectivity index (χ1n) is 7.94. The van der Waals surface area contributed by atoms with E-state index in [1.54, 1.807) is 36.4 Å². The van der Waals surface area contributed by atoms with Crippen molar-refractivity contribution in [3.63, 3.8) is 0 Å². The molecule has 1 aliphatic heterocycles. The Bertz CT molecular complexity index is 865. The fourth-order valence-electron chi connectivity index (χ4n) is 2.77. The molecular formula is C18H18ClNO4S.